The van der Waals surface area contributed by atoms with Gasteiger partial charge in [0.1, 0.15) is 5.82 Å². The van der Waals surface area contributed by atoms with Crippen molar-refractivity contribution >= 4 is 11.8 Å². The number of carboxylic acid groups (broad SMARTS) is 1. The second kappa shape index (κ2) is 7.24. The van der Waals surface area contributed by atoms with Crippen LogP contribution in [-0.4, -0.2) is 55.2 Å². The van der Waals surface area contributed by atoms with Crippen molar-refractivity contribution in [3.63, 3.8) is 0 Å². The van der Waals surface area contributed by atoms with Crippen LogP contribution in [0.3, 0.4) is 0 Å². The molecule has 1 heterocycles. The number of rotatable bonds is 7. The number of anilines is 1. The van der Waals surface area contributed by atoms with E-state index in [0.29, 0.717) is 5.56 Å². The number of carboxylic acids is 1. The van der Waals surface area contributed by atoms with Gasteiger partial charge in [0.05, 0.1) is 5.56 Å². The summed E-state index contributed by atoms with van der Waals surface area (Å²) < 4.78 is 0. The highest BCUT2D eigenvalue weighted by molar-refractivity contribution is 5.88. The largest absolute Gasteiger partial charge is 0.478 e. The molecule has 0 radical (unpaired) electrons. The summed E-state index contributed by atoms with van der Waals surface area (Å²) >= 11 is 0. The summed E-state index contributed by atoms with van der Waals surface area (Å²) in [4.78, 5) is 19.9. The van der Waals surface area contributed by atoms with E-state index < -0.39 is 5.97 Å². The van der Waals surface area contributed by atoms with Crippen LogP contribution in [0.1, 0.15) is 42.2 Å². The Morgan fingerprint density at radius 2 is 1.90 bits per heavy atom. The van der Waals surface area contributed by atoms with Gasteiger partial charge in [0.2, 0.25) is 0 Å². The zero-order chi connectivity index (χ0) is 15.3. The van der Waals surface area contributed by atoms with E-state index in [-0.39, 0.29) is 5.92 Å². The van der Waals surface area contributed by atoms with E-state index in [2.05, 4.69) is 9.88 Å². The van der Waals surface area contributed by atoms with E-state index in [1.54, 1.807) is 12.1 Å². The molecule has 0 unspecified atom stereocenters. The molecule has 1 N–H and O–H groups in total. The van der Waals surface area contributed by atoms with Gasteiger partial charge < -0.3 is 14.9 Å². The molecule has 20 heavy (non-hydrogen) atoms. The Morgan fingerprint density at radius 1 is 1.25 bits per heavy atom. The highest BCUT2D eigenvalue weighted by Gasteiger charge is 2.13. The molecule has 0 aromatic carbocycles. The fourth-order valence-electron chi connectivity index (χ4n) is 1.89. The van der Waals surface area contributed by atoms with Gasteiger partial charge in [-0.2, -0.15) is 0 Å². The first-order valence-electron chi connectivity index (χ1n) is 6.92. The second-order valence-corrected chi connectivity index (χ2v) is 5.68. The van der Waals surface area contributed by atoms with Crippen molar-refractivity contribution in [2.75, 3.05) is 39.1 Å². The maximum absolute atomic E-state index is 11.2. The molecule has 0 bridgehead atoms. The van der Waals surface area contributed by atoms with Crippen LogP contribution in [0, 0.1) is 0 Å². The van der Waals surface area contributed by atoms with Crippen LogP contribution in [0.15, 0.2) is 12.1 Å². The molecule has 1 rings (SSSR count). The van der Waals surface area contributed by atoms with Crippen LogP contribution in [0.25, 0.3) is 0 Å². The van der Waals surface area contributed by atoms with Crippen molar-refractivity contribution in [2.45, 2.75) is 26.2 Å². The van der Waals surface area contributed by atoms with Gasteiger partial charge in [0.15, 0.2) is 0 Å². The zero-order valence-corrected chi connectivity index (χ0v) is 13.1. The molecule has 0 fully saturated rings. The molecule has 0 aliphatic carbocycles. The summed E-state index contributed by atoms with van der Waals surface area (Å²) in [7, 11) is 6.04. The van der Waals surface area contributed by atoms with Crippen molar-refractivity contribution in [1.29, 1.82) is 0 Å². The molecule has 112 valence electrons. The van der Waals surface area contributed by atoms with Crippen molar-refractivity contribution in [2.24, 2.45) is 0 Å². The van der Waals surface area contributed by atoms with E-state index in [1.165, 1.54) is 0 Å². The SMILES string of the molecule is CC(C)c1cc(C(=O)O)cc(N(C)CCCN(C)C)n1. The first kappa shape index (κ1) is 16.4. The maximum Gasteiger partial charge on any atom is 0.335 e. The van der Waals surface area contributed by atoms with E-state index >= 15 is 0 Å². The zero-order valence-electron chi connectivity index (χ0n) is 13.1. The first-order valence-corrected chi connectivity index (χ1v) is 6.92. The van der Waals surface area contributed by atoms with Gasteiger partial charge in [-0.15, -0.1) is 0 Å². The molecular weight excluding hydrogens is 254 g/mol. The van der Waals surface area contributed by atoms with Gasteiger partial charge in [0.25, 0.3) is 0 Å². The average Bonchev–Trinajstić information content (AvgIpc) is 2.37. The van der Waals surface area contributed by atoms with Crippen LogP contribution >= 0.6 is 0 Å². The quantitative estimate of drug-likeness (QED) is 0.830. The van der Waals surface area contributed by atoms with Gasteiger partial charge in [-0.25, -0.2) is 9.78 Å². The minimum atomic E-state index is -0.905. The van der Waals surface area contributed by atoms with Crippen LogP contribution in [0.5, 0.6) is 0 Å². The molecular formula is C15H25N3O2. The van der Waals surface area contributed by atoms with Gasteiger partial charge in [0, 0.05) is 19.3 Å². The molecule has 1 aromatic rings. The summed E-state index contributed by atoms with van der Waals surface area (Å²) in [6, 6.07) is 3.30. The molecule has 5 heteroatoms. The van der Waals surface area contributed by atoms with Crippen LogP contribution in [0.2, 0.25) is 0 Å². The summed E-state index contributed by atoms with van der Waals surface area (Å²) in [6.45, 7) is 5.89. The third-order valence-electron chi connectivity index (χ3n) is 3.16. The first-order chi connectivity index (χ1) is 9.31. The molecule has 0 spiro atoms. The topological polar surface area (TPSA) is 56.7 Å². The Kier molecular flexibility index (Phi) is 5.95. The molecule has 1 aromatic heterocycles. The lowest BCUT2D eigenvalue weighted by Gasteiger charge is -2.21. The van der Waals surface area contributed by atoms with Crippen molar-refractivity contribution < 1.29 is 9.90 Å². The van der Waals surface area contributed by atoms with Crippen LogP contribution in [0.4, 0.5) is 5.82 Å². The van der Waals surface area contributed by atoms with Crippen molar-refractivity contribution in [3.8, 4) is 0 Å². The number of pyridine rings is 1. The number of carbonyl (C=O) groups is 1. The van der Waals surface area contributed by atoms with Crippen LogP contribution < -0.4 is 4.90 Å². The molecule has 0 aliphatic rings. The van der Waals surface area contributed by atoms with Gasteiger partial charge in [-0.05, 0) is 45.1 Å². The molecule has 0 saturated heterocycles. The lowest BCUT2D eigenvalue weighted by molar-refractivity contribution is 0.0696. The molecule has 5 nitrogen and oxygen atoms in total. The lowest BCUT2D eigenvalue weighted by atomic mass is 10.1. The Labute approximate surface area is 121 Å². The summed E-state index contributed by atoms with van der Waals surface area (Å²) in [5.41, 5.74) is 1.12. The normalized spacial score (nSPS) is 11.2. The molecule has 0 amide bonds. The van der Waals surface area contributed by atoms with Crippen molar-refractivity contribution in [1.82, 2.24) is 9.88 Å². The number of aromatic carboxylic acids is 1. The van der Waals surface area contributed by atoms with Crippen LogP contribution in [-0.2, 0) is 0 Å². The third-order valence-corrected chi connectivity index (χ3v) is 3.16. The molecule has 0 aliphatic heterocycles. The summed E-state index contributed by atoms with van der Waals surface area (Å²) in [5, 5.41) is 9.19. The van der Waals surface area contributed by atoms with Gasteiger partial charge in [-0.3, -0.25) is 0 Å². The lowest BCUT2D eigenvalue weighted by Crippen LogP contribution is -2.24. The number of aromatic nitrogens is 1. The monoisotopic (exact) mass is 279 g/mol. The fourth-order valence-corrected chi connectivity index (χ4v) is 1.89. The predicted molar refractivity (Wildman–Crippen MR) is 81.7 cm³/mol. The van der Waals surface area contributed by atoms with Crippen molar-refractivity contribution in [3.05, 3.63) is 23.4 Å². The van der Waals surface area contributed by atoms with Gasteiger partial charge in [-0.1, -0.05) is 13.8 Å². The Hall–Kier alpha value is -1.62. The van der Waals surface area contributed by atoms with E-state index in [1.807, 2.05) is 39.9 Å². The third kappa shape index (κ3) is 4.81. The summed E-state index contributed by atoms with van der Waals surface area (Å²) in [5.74, 6) is 0.0350. The fraction of sp³-hybridized carbons (Fsp3) is 0.600. The minimum absolute atomic E-state index is 0.211. The number of nitrogens with zero attached hydrogens (tertiary/aromatic N) is 3. The smallest absolute Gasteiger partial charge is 0.335 e. The predicted octanol–water partition coefficient (Wildman–Crippen LogP) is 2.29. The minimum Gasteiger partial charge on any atom is -0.478 e. The Morgan fingerprint density at radius 3 is 2.40 bits per heavy atom. The van der Waals surface area contributed by atoms with E-state index in [4.69, 9.17) is 0 Å². The summed E-state index contributed by atoms with van der Waals surface area (Å²) in [6.07, 6.45) is 1.01. The molecule has 0 saturated carbocycles. The average molecular weight is 279 g/mol. The van der Waals surface area contributed by atoms with E-state index in [0.717, 1.165) is 31.0 Å². The highest BCUT2D eigenvalue weighted by atomic mass is 16.4. The van der Waals surface area contributed by atoms with E-state index in [9.17, 15) is 9.90 Å². The molecule has 0 atom stereocenters. The Bertz CT molecular complexity index is 458. The highest BCUT2D eigenvalue weighted by Crippen LogP contribution is 2.20. The van der Waals surface area contributed by atoms with Gasteiger partial charge >= 0.3 is 5.97 Å². The maximum atomic E-state index is 11.2. The standard InChI is InChI=1S/C15H25N3O2/c1-11(2)13-9-12(15(19)20)10-14(16-13)18(5)8-6-7-17(3)4/h9-11H,6-8H2,1-5H3,(H,19,20). The Balaban J connectivity index is 2.89. The second-order valence-electron chi connectivity index (χ2n) is 5.68. The number of hydrogen-bond donors (Lipinski definition) is 1. The number of hydrogen-bond acceptors (Lipinski definition) is 4.